The highest BCUT2D eigenvalue weighted by Crippen LogP contribution is 2.31. The van der Waals surface area contributed by atoms with Crippen LogP contribution in [0.5, 0.6) is 0 Å². The number of hydrogen-bond donors (Lipinski definition) is 1. The number of rotatable bonds is 3. The fraction of sp³-hybridized carbons (Fsp3) is 0.240. The first-order valence-electron chi connectivity index (χ1n) is 10.8. The summed E-state index contributed by atoms with van der Waals surface area (Å²) in [5.41, 5.74) is 6.23. The molecule has 4 aromatic rings. The molecule has 162 valence electrons. The second kappa shape index (κ2) is 7.67. The third kappa shape index (κ3) is 3.26. The van der Waals surface area contributed by atoms with Gasteiger partial charge in [-0.05, 0) is 36.8 Å². The van der Waals surface area contributed by atoms with E-state index >= 15 is 0 Å². The second-order valence-corrected chi connectivity index (χ2v) is 8.26. The maximum Gasteiger partial charge on any atom is 0.255 e. The zero-order valence-electron chi connectivity index (χ0n) is 18.2. The van der Waals surface area contributed by atoms with Gasteiger partial charge >= 0.3 is 0 Å². The number of aromatic nitrogens is 3. The van der Waals surface area contributed by atoms with E-state index in [1.807, 2.05) is 55.1 Å². The Morgan fingerprint density at radius 3 is 2.72 bits per heavy atom. The zero-order valence-corrected chi connectivity index (χ0v) is 18.2. The monoisotopic (exact) mass is 427 g/mol. The lowest BCUT2D eigenvalue weighted by Gasteiger charge is -2.27. The van der Waals surface area contributed by atoms with Gasteiger partial charge in [-0.15, -0.1) is 0 Å². The second-order valence-electron chi connectivity index (χ2n) is 8.26. The lowest BCUT2D eigenvalue weighted by Crippen LogP contribution is -2.36. The normalized spacial score (nSPS) is 13.4. The Labute approximate surface area is 185 Å². The molecule has 1 aliphatic rings. The summed E-state index contributed by atoms with van der Waals surface area (Å²) in [6.45, 7) is 5.11. The largest absolute Gasteiger partial charge is 0.339 e. The number of nitrogens with two attached hydrogens (primary N) is 1. The Balaban J connectivity index is 1.53. The summed E-state index contributed by atoms with van der Waals surface area (Å²) in [6, 6.07) is 13.2. The maximum atomic E-state index is 12.9. The molecule has 0 spiro atoms. The van der Waals surface area contributed by atoms with Gasteiger partial charge in [-0.1, -0.05) is 19.1 Å². The van der Waals surface area contributed by atoms with Crippen LogP contribution in [-0.2, 0) is 17.8 Å². The molecule has 0 bridgehead atoms. The Kier molecular flexibility index (Phi) is 4.81. The highest BCUT2D eigenvalue weighted by atomic mass is 16.2. The van der Waals surface area contributed by atoms with Crippen LogP contribution in [0.15, 0.2) is 59.7 Å². The fourth-order valence-corrected chi connectivity index (χ4v) is 4.46. The summed E-state index contributed by atoms with van der Waals surface area (Å²) in [5.74, 6) is 6.58. The van der Waals surface area contributed by atoms with Crippen molar-refractivity contribution in [1.82, 2.24) is 19.1 Å². The first-order valence-corrected chi connectivity index (χ1v) is 10.8. The van der Waals surface area contributed by atoms with Gasteiger partial charge in [0.1, 0.15) is 0 Å². The van der Waals surface area contributed by atoms with Crippen LogP contribution in [0, 0.1) is 6.92 Å². The molecule has 1 aliphatic heterocycles. The van der Waals surface area contributed by atoms with Crippen molar-refractivity contribution < 1.29 is 4.79 Å². The van der Waals surface area contributed by atoms with Crippen LogP contribution in [-0.4, -0.2) is 31.6 Å². The Bertz CT molecular complexity index is 1400. The molecule has 0 fully saturated rings. The SMILES string of the molecule is CCC(=O)N1CCc2c(c3ccc(-n4ccc(-c5ccc(C)cn5)cc4=O)cc3n2N)C1. The molecule has 1 aromatic carbocycles. The van der Waals surface area contributed by atoms with E-state index in [2.05, 4.69) is 4.98 Å². The molecule has 2 N–H and O–H groups in total. The van der Waals surface area contributed by atoms with Crippen LogP contribution in [0.4, 0.5) is 0 Å². The highest BCUT2D eigenvalue weighted by molar-refractivity contribution is 5.88. The molecule has 0 saturated carbocycles. The van der Waals surface area contributed by atoms with Crippen LogP contribution < -0.4 is 11.4 Å². The number of aryl methyl sites for hydroxylation is 1. The van der Waals surface area contributed by atoms with Crippen molar-refractivity contribution in [1.29, 1.82) is 0 Å². The first-order chi connectivity index (χ1) is 15.5. The number of amides is 1. The molecule has 7 heteroatoms. The molecule has 32 heavy (non-hydrogen) atoms. The summed E-state index contributed by atoms with van der Waals surface area (Å²) in [7, 11) is 0. The maximum absolute atomic E-state index is 12.9. The molecule has 0 saturated heterocycles. The Hall–Kier alpha value is -3.87. The Morgan fingerprint density at radius 2 is 2.00 bits per heavy atom. The lowest BCUT2D eigenvalue weighted by molar-refractivity contribution is -0.131. The molecular weight excluding hydrogens is 402 g/mol. The fourth-order valence-electron chi connectivity index (χ4n) is 4.46. The molecule has 3 aromatic heterocycles. The van der Waals surface area contributed by atoms with Crippen LogP contribution >= 0.6 is 0 Å². The van der Waals surface area contributed by atoms with Gasteiger partial charge in [0.25, 0.3) is 5.56 Å². The molecule has 0 unspecified atom stereocenters. The van der Waals surface area contributed by atoms with Crippen molar-refractivity contribution in [3.63, 3.8) is 0 Å². The van der Waals surface area contributed by atoms with Gasteiger partial charge in [-0.2, -0.15) is 0 Å². The molecular formula is C25H25N5O2. The number of fused-ring (bicyclic) bond motifs is 3. The third-order valence-corrected chi connectivity index (χ3v) is 6.23. The Morgan fingerprint density at radius 1 is 1.16 bits per heavy atom. The van der Waals surface area contributed by atoms with Crippen molar-refractivity contribution in [2.75, 3.05) is 12.4 Å². The number of pyridine rings is 2. The predicted molar refractivity (Wildman–Crippen MR) is 125 cm³/mol. The first kappa shape index (κ1) is 20.1. The van der Waals surface area contributed by atoms with Crippen LogP contribution in [0.1, 0.15) is 30.2 Å². The summed E-state index contributed by atoms with van der Waals surface area (Å²) in [5, 5.41) is 1.02. The van der Waals surface area contributed by atoms with Crippen molar-refractivity contribution in [2.24, 2.45) is 0 Å². The minimum absolute atomic E-state index is 0.135. The number of benzene rings is 1. The third-order valence-electron chi connectivity index (χ3n) is 6.23. The summed E-state index contributed by atoms with van der Waals surface area (Å²) >= 11 is 0. The van der Waals surface area contributed by atoms with Crippen molar-refractivity contribution in [2.45, 2.75) is 33.2 Å². The van der Waals surface area contributed by atoms with Crippen molar-refractivity contribution in [3.05, 3.63) is 82.0 Å². The molecule has 4 heterocycles. The van der Waals surface area contributed by atoms with Crippen LogP contribution in [0.2, 0.25) is 0 Å². The molecule has 5 rings (SSSR count). The van der Waals surface area contributed by atoms with Crippen molar-refractivity contribution in [3.8, 4) is 16.9 Å². The topological polar surface area (TPSA) is 86.2 Å². The van der Waals surface area contributed by atoms with Gasteiger partial charge in [-0.25, -0.2) is 0 Å². The number of hydrogen-bond acceptors (Lipinski definition) is 4. The van der Waals surface area contributed by atoms with Gasteiger partial charge in [0.15, 0.2) is 0 Å². The van der Waals surface area contributed by atoms with Crippen LogP contribution in [0.25, 0.3) is 27.8 Å². The van der Waals surface area contributed by atoms with Gasteiger partial charge < -0.3 is 10.7 Å². The molecule has 0 aliphatic carbocycles. The van der Waals surface area contributed by atoms with E-state index in [1.165, 1.54) is 0 Å². The number of carbonyl (C=O) groups is 1. The smallest absolute Gasteiger partial charge is 0.255 e. The van der Waals surface area contributed by atoms with E-state index in [4.69, 9.17) is 5.84 Å². The van der Waals surface area contributed by atoms with Gasteiger partial charge in [0.05, 0.1) is 16.9 Å². The molecule has 0 radical (unpaired) electrons. The van der Waals surface area contributed by atoms with E-state index in [9.17, 15) is 9.59 Å². The minimum atomic E-state index is -0.135. The quantitative estimate of drug-likeness (QED) is 0.509. The van der Waals surface area contributed by atoms with Crippen molar-refractivity contribution >= 4 is 16.8 Å². The van der Waals surface area contributed by atoms with E-state index in [0.717, 1.165) is 51.1 Å². The lowest BCUT2D eigenvalue weighted by atomic mass is 10.0. The molecule has 7 nitrogen and oxygen atoms in total. The molecule has 1 amide bonds. The minimum Gasteiger partial charge on any atom is -0.339 e. The van der Waals surface area contributed by atoms with E-state index < -0.39 is 0 Å². The summed E-state index contributed by atoms with van der Waals surface area (Å²) < 4.78 is 3.31. The zero-order chi connectivity index (χ0) is 22.4. The van der Waals surface area contributed by atoms with Gasteiger partial charge in [0, 0.05) is 66.6 Å². The highest BCUT2D eigenvalue weighted by Gasteiger charge is 2.25. The standard InChI is InChI=1S/C25H25N5O2/c1-3-24(31)28-10-9-22-20(15-28)19-6-5-18(13-23(19)30(22)26)29-11-8-17(12-25(29)32)21-7-4-16(2)14-27-21/h4-8,11-14H,3,9-10,15,26H2,1-2H3. The average Bonchev–Trinajstić information content (AvgIpc) is 3.10. The summed E-state index contributed by atoms with van der Waals surface area (Å²) in [4.78, 5) is 31.4. The predicted octanol–water partition coefficient (Wildman–Crippen LogP) is 3.17. The van der Waals surface area contributed by atoms with Gasteiger partial charge in [0.2, 0.25) is 5.91 Å². The number of nitrogen functional groups attached to an aromatic ring is 1. The average molecular weight is 428 g/mol. The van der Waals surface area contributed by atoms with E-state index in [-0.39, 0.29) is 11.5 Å². The summed E-state index contributed by atoms with van der Waals surface area (Å²) in [6.07, 6.45) is 4.78. The van der Waals surface area contributed by atoms with E-state index in [1.54, 1.807) is 27.7 Å². The number of nitrogens with zero attached hydrogens (tertiary/aromatic N) is 4. The molecule has 0 atom stereocenters. The number of carbonyl (C=O) groups excluding carboxylic acids is 1. The van der Waals surface area contributed by atoms with Crippen LogP contribution in [0.3, 0.4) is 0 Å². The van der Waals surface area contributed by atoms with E-state index in [0.29, 0.717) is 19.5 Å². The van der Waals surface area contributed by atoms with Gasteiger partial charge in [-0.3, -0.25) is 23.8 Å².